The molecule has 0 amide bonds. The highest BCUT2D eigenvalue weighted by Crippen LogP contribution is 2.32. The summed E-state index contributed by atoms with van der Waals surface area (Å²) >= 11 is 0. The van der Waals surface area contributed by atoms with Gasteiger partial charge in [0, 0.05) is 5.56 Å². The predicted molar refractivity (Wildman–Crippen MR) is 143 cm³/mol. The highest BCUT2D eigenvalue weighted by Gasteiger charge is 2.33. The van der Waals surface area contributed by atoms with E-state index in [1.807, 2.05) is 0 Å². The fourth-order valence-electron chi connectivity index (χ4n) is 4.35. The molecule has 0 heterocycles. The lowest BCUT2D eigenvalue weighted by Gasteiger charge is -2.13. The molecule has 0 saturated heterocycles. The fraction of sp³-hybridized carbons (Fsp3) is 0.548. The Morgan fingerprint density at radius 1 is 0.632 bits per heavy atom. The van der Waals surface area contributed by atoms with Gasteiger partial charge in [0.2, 0.25) is 0 Å². The van der Waals surface area contributed by atoms with Crippen LogP contribution in [0.5, 0.6) is 0 Å². The van der Waals surface area contributed by atoms with Gasteiger partial charge >= 0.3 is 18.1 Å². The van der Waals surface area contributed by atoms with E-state index in [0.29, 0.717) is 0 Å². The summed E-state index contributed by atoms with van der Waals surface area (Å²) in [7, 11) is 0. The van der Waals surface area contributed by atoms with Crippen molar-refractivity contribution in [3.05, 3.63) is 70.8 Å². The lowest BCUT2D eigenvalue weighted by molar-refractivity contribution is -0.138. The average molecular weight is 535 g/mol. The molecule has 2 aromatic carbocycles. The summed E-state index contributed by atoms with van der Waals surface area (Å²) in [4.78, 5) is 25.2. The Hall–Kier alpha value is -2.83. The summed E-state index contributed by atoms with van der Waals surface area (Å²) < 4.78 is 50.0. The first-order valence-electron chi connectivity index (χ1n) is 13.9. The van der Waals surface area contributed by atoms with Gasteiger partial charge in [0.05, 0.1) is 23.3 Å². The molecule has 0 spiro atoms. The van der Waals surface area contributed by atoms with Crippen molar-refractivity contribution < 1.29 is 32.2 Å². The first-order valence-corrected chi connectivity index (χ1v) is 13.9. The topological polar surface area (TPSA) is 52.6 Å². The molecule has 4 nitrogen and oxygen atoms in total. The van der Waals surface area contributed by atoms with E-state index in [9.17, 15) is 22.8 Å². The van der Waals surface area contributed by atoms with Crippen molar-refractivity contribution in [3.8, 4) is 0 Å². The van der Waals surface area contributed by atoms with E-state index >= 15 is 0 Å². The predicted octanol–water partition coefficient (Wildman–Crippen LogP) is 9.31. The molecule has 0 atom stereocenters. The Morgan fingerprint density at radius 2 is 1.08 bits per heavy atom. The number of rotatable bonds is 18. The molecule has 0 aliphatic heterocycles. The molecule has 0 fully saturated rings. The Kier molecular flexibility index (Phi) is 14.6. The van der Waals surface area contributed by atoms with Gasteiger partial charge in [0.1, 0.15) is 6.61 Å². The minimum Gasteiger partial charge on any atom is -0.462 e. The number of hydrogen-bond donors (Lipinski definition) is 0. The maximum absolute atomic E-state index is 13.2. The van der Waals surface area contributed by atoms with Gasteiger partial charge in [-0.2, -0.15) is 13.2 Å². The number of carbonyl (C=O) groups excluding carboxylic acids is 2. The van der Waals surface area contributed by atoms with Crippen molar-refractivity contribution in [2.24, 2.45) is 0 Å². The Labute approximate surface area is 224 Å². The monoisotopic (exact) mass is 534 g/mol. The lowest BCUT2D eigenvalue weighted by atomic mass is 10.0. The number of unbranched alkanes of at least 4 members (excludes halogenated alkanes) is 12. The third-order valence-electron chi connectivity index (χ3n) is 6.53. The number of benzene rings is 2. The third-order valence-corrected chi connectivity index (χ3v) is 6.53. The van der Waals surface area contributed by atoms with Crippen molar-refractivity contribution in [1.82, 2.24) is 0 Å². The van der Waals surface area contributed by atoms with Crippen LogP contribution >= 0.6 is 0 Å². The minimum atomic E-state index is -4.56. The van der Waals surface area contributed by atoms with Crippen LogP contribution < -0.4 is 0 Å². The van der Waals surface area contributed by atoms with Gasteiger partial charge < -0.3 is 9.47 Å². The molecule has 38 heavy (non-hydrogen) atoms. The zero-order valence-electron chi connectivity index (χ0n) is 22.5. The molecular formula is C31H41F3O4. The zero-order chi connectivity index (χ0) is 27.6. The minimum absolute atomic E-state index is 0.0349. The number of alkyl halides is 3. The number of esters is 2. The Bertz CT molecular complexity index is 972. The van der Waals surface area contributed by atoms with E-state index < -0.39 is 30.3 Å². The maximum atomic E-state index is 13.2. The number of carbonyl (C=O) groups is 2. The van der Waals surface area contributed by atoms with Crippen LogP contribution in [0.25, 0.3) is 0 Å². The first-order chi connectivity index (χ1) is 18.3. The molecule has 210 valence electrons. The molecule has 0 saturated carbocycles. The smallest absolute Gasteiger partial charge is 0.416 e. The van der Waals surface area contributed by atoms with Gasteiger partial charge in [0.25, 0.3) is 0 Å². The standard InChI is InChI=1S/C31H41F3O4/c1-2-3-4-5-6-7-8-9-10-11-12-13-18-23-37-29(35)26-20-15-16-21-27(26)30(36)38-24-25-19-14-17-22-28(25)31(32,33)34/h14-17,19-22H,2-13,18,23-24H2,1H3. The molecular weight excluding hydrogens is 493 g/mol. The maximum Gasteiger partial charge on any atom is 0.416 e. The molecule has 0 aliphatic carbocycles. The highest BCUT2D eigenvalue weighted by molar-refractivity contribution is 6.03. The van der Waals surface area contributed by atoms with Crippen LogP contribution in [0.3, 0.4) is 0 Å². The second-order valence-corrected chi connectivity index (χ2v) is 9.66. The van der Waals surface area contributed by atoms with Crippen molar-refractivity contribution in [1.29, 1.82) is 0 Å². The third kappa shape index (κ3) is 11.7. The van der Waals surface area contributed by atoms with Crippen LogP contribution in [0.4, 0.5) is 13.2 Å². The van der Waals surface area contributed by atoms with E-state index in [2.05, 4.69) is 6.92 Å². The first kappa shape index (κ1) is 31.4. The highest BCUT2D eigenvalue weighted by atomic mass is 19.4. The Morgan fingerprint density at radius 3 is 1.61 bits per heavy atom. The molecule has 0 unspecified atom stereocenters. The second-order valence-electron chi connectivity index (χ2n) is 9.66. The van der Waals surface area contributed by atoms with Gasteiger partial charge in [-0.05, 0) is 24.6 Å². The van der Waals surface area contributed by atoms with Crippen LogP contribution in [-0.4, -0.2) is 18.5 Å². The molecule has 0 aromatic heterocycles. The van der Waals surface area contributed by atoms with Gasteiger partial charge in [0.15, 0.2) is 0 Å². The van der Waals surface area contributed by atoms with Gasteiger partial charge in [-0.15, -0.1) is 0 Å². The summed E-state index contributed by atoms with van der Waals surface area (Å²) in [5.74, 6) is -1.53. The van der Waals surface area contributed by atoms with E-state index in [4.69, 9.17) is 9.47 Å². The Balaban J connectivity index is 1.68. The van der Waals surface area contributed by atoms with Crippen molar-refractivity contribution in [3.63, 3.8) is 0 Å². The second kappa shape index (κ2) is 17.6. The number of hydrogen-bond acceptors (Lipinski definition) is 4. The van der Waals surface area contributed by atoms with E-state index in [0.717, 1.165) is 25.3 Å². The van der Waals surface area contributed by atoms with Crippen LogP contribution in [0.15, 0.2) is 48.5 Å². The van der Waals surface area contributed by atoms with Gasteiger partial charge in [-0.25, -0.2) is 9.59 Å². The number of halogens is 3. The molecule has 0 aliphatic rings. The summed E-state index contributed by atoms with van der Waals surface area (Å²) in [6.07, 6.45) is 11.3. The normalized spacial score (nSPS) is 11.4. The van der Waals surface area contributed by atoms with Crippen LogP contribution in [0, 0.1) is 0 Å². The molecule has 0 radical (unpaired) electrons. The van der Waals surface area contributed by atoms with Crippen LogP contribution in [-0.2, 0) is 22.3 Å². The van der Waals surface area contributed by atoms with E-state index in [1.165, 1.54) is 94.5 Å². The quantitative estimate of drug-likeness (QED) is 0.141. The summed E-state index contributed by atoms with van der Waals surface area (Å²) in [6.45, 7) is 1.93. The molecule has 0 bridgehead atoms. The van der Waals surface area contributed by atoms with Crippen molar-refractivity contribution in [2.45, 2.75) is 103 Å². The molecule has 7 heteroatoms. The molecule has 2 rings (SSSR count). The summed E-state index contributed by atoms with van der Waals surface area (Å²) in [6, 6.07) is 10.9. The average Bonchev–Trinajstić information content (AvgIpc) is 2.91. The molecule has 2 aromatic rings. The lowest BCUT2D eigenvalue weighted by Crippen LogP contribution is -2.16. The van der Waals surface area contributed by atoms with Crippen molar-refractivity contribution >= 4 is 11.9 Å². The van der Waals surface area contributed by atoms with E-state index in [-0.39, 0.29) is 23.3 Å². The van der Waals surface area contributed by atoms with Crippen LogP contribution in [0.2, 0.25) is 0 Å². The SMILES string of the molecule is CCCCCCCCCCCCCCCOC(=O)c1ccccc1C(=O)OCc1ccccc1C(F)(F)F. The van der Waals surface area contributed by atoms with Crippen LogP contribution in [0.1, 0.15) is 122 Å². The van der Waals surface area contributed by atoms with Crippen molar-refractivity contribution in [2.75, 3.05) is 6.61 Å². The van der Waals surface area contributed by atoms with Gasteiger partial charge in [-0.3, -0.25) is 0 Å². The summed E-state index contributed by atoms with van der Waals surface area (Å²) in [5, 5.41) is 0. The molecule has 0 N–H and O–H groups in total. The zero-order valence-corrected chi connectivity index (χ0v) is 22.5. The van der Waals surface area contributed by atoms with E-state index in [1.54, 1.807) is 12.1 Å². The fourth-order valence-corrected chi connectivity index (χ4v) is 4.35. The van der Waals surface area contributed by atoms with Gasteiger partial charge in [-0.1, -0.05) is 114 Å². The number of ether oxygens (including phenoxy) is 2. The largest absolute Gasteiger partial charge is 0.462 e. The summed E-state index contributed by atoms with van der Waals surface area (Å²) in [5.41, 5.74) is -1.02.